The van der Waals surface area contributed by atoms with Crippen LogP contribution in [-0.2, 0) is 7.05 Å². The molecule has 37 heavy (non-hydrogen) atoms. The lowest BCUT2D eigenvalue weighted by Crippen LogP contribution is -2.30. The number of amides is 1. The number of carbonyl (C=O) groups is 1. The number of likely N-dealkylation sites (N-methyl/N-ethyl adjacent to an activating group) is 1. The minimum atomic E-state index is -0.347. The quantitative estimate of drug-likeness (QED) is 0.320. The Kier molecular flexibility index (Phi) is 8.03. The van der Waals surface area contributed by atoms with Crippen molar-refractivity contribution in [1.82, 2.24) is 34.0 Å². The fourth-order valence-corrected chi connectivity index (χ4v) is 6.01. The third-order valence-corrected chi connectivity index (χ3v) is 8.59. The molecule has 1 fully saturated rings. The molecule has 0 bridgehead atoms. The molecule has 0 aliphatic carbocycles. The zero-order valence-electron chi connectivity index (χ0n) is 20.6. The second-order valence-corrected chi connectivity index (χ2v) is 11.4. The molecule has 10 nitrogen and oxygen atoms in total. The standard InChI is InChI=1S/C24H26N8O2S3/c1-15-26-23(37-30-15)28-22(33)21-19(10-11-20(27-21)36-24-29-25-14-32(24)3)35-18-8-6-17(7-9-18)34-13-16-5-4-12-31(16)2/h6-11,14,16H,4-5,12-13H2,1-3H3,(H,26,28,30,33)/t16-/m0/s1. The van der Waals surface area contributed by atoms with Crippen molar-refractivity contribution in [2.75, 3.05) is 25.5 Å². The van der Waals surface area contributed by atoms with Crippen LogP contribution in [0.3, 0.4) is 0 Å². The molecule has 1 amide bonds. The Labute approximate surface area is 227 Å². The van der Waals surface area contributed by atoms with Crippen molar-refractivity contribution in [1.29, 1.82) is 0 Å². The number of hydrogen-bond donors (Lipinski definition) is 1. The first-order valence-electron chi connectivity index (χ1n) is 11.7. The van der Waals surface area contributed by atoms with E-state index in [-0.39, 0.29) is 5.91 Å². The first-order valence-corrected chi connectivity index (χ1v) is 14.1. The lowest BCUT2D eigenvalue weighted by molar-refractivity contribution is 0.101. The summed E-state index contributed by atoms with van der Waals surface area (Å²) >= 11 is 3.94. The Balaban J connectivity index is 1.33. The van der Waals surface area contributed by atoms with E-state index in [4.69, 9.17) is 4.74 Å². The van der Waals surface area contributed by atoms with Crippen LogP contribution >= 0.6 is 35.1 Å². The Morgan fingerprint density at radius 2 is 2.00 bits per heavy atom. The molecule has 0 radical (unpaired) electrons. The van der Waals surface area contributed by atoms with Crippen LogP contribution in [0.2, 0.25) is 0 Å². The average Bonchev–Trinajstić information content (AvgIpc) is 3.61. The maximum atomic E-state index is 13.2. The smallest absolute Gasteiger partial charge is 0.277 e. The van der Waals surface area contributed by atoms with E-state index in [1.54, 1.807) is 17.8 Å². The van der Waals surface area contributed by atoms with Crippen molar-refractivity contribution in [3.8, 4) is 5.75 Å². The minimum absolute atomic E-state index is 0.301. The average molecular weight is 555 g/mol. The van der Waals surface area contributed by atoms with Crippen LogP contribution < -0.4 is 10.1 Å². The molecule has 5 rings (SSSR count). The van der Waals surface area contributed by atoms with Crippen LogP contribution in [0.4, 0.5) is 5.13 Å². The van der Waals surface area contributed by atoms with Crippen molar-refractivity contribution < 1.29 is 9.53 Å². The van der Waals surface area contributed by atoms with Crippen LogP contribution in [-0.4, -0.2) is 66.2 Å². The first kappa shape index (κ1) is 25.6. The van der Waals surface area contributed by atoms with E-state index in [1.807, 2.05) is 43.4 Å². The molecule has 0 saturated carbocycles. The van der Waals surface area contributed by atoms with Gasteiger partial charge in [-0.15, -0.1) is 10.2 Å². The van der Waals surface area contributed by atoms with E-state index in [9.17, 15) is 4.79 Å². The summed E-state index contributed by atoms with van der Waals surface area (Å²) in [6.45, 7) is 3.60. The highest BCUT2D eigenvalue weighted by molar-refractivity contribution is 7.99. The van der Waals surface area contributed by atoms with Crippen molar-refractivity contribution >= 4 is 46.1 Å². The summed E-state index contributed by atoms with van der Waals surface area (Å²) in [5, 5.41) is 12.6. The maximum absolute atomic E-state index is 13.2. The van der Waals surface area contributed by atoms with Gasteiger partial charge in [-0.1, -0.05) is 11.8 Å². The van der Waals surface area contributed by atoms with Gasteiger partial charge in [-0.25, -0.2) is 9.97 Å². The molecular weight excluding hydrogens is 529 g/mol. The summed E-state index contributed by atoms with van der Waals surface area (Å²) < 4.78 is 12.0. The number of nitrogens with zero attached hydrogens (tertiary/aromatic N) is 7. The Morgan fingerprint density at radius 1 is 1.16 bits per heavy atom. The number of aromatic nitrogens is 6. The van der Waals surface area contributed by atoms with Gasteiger partial charge in [0.15, 0.2) is 5.16 Å². The molecule has 0 unspecified atom stereocenters. The Hall–Kier alpha value is -3.00. The summed E-state index contributed by atoms with van der Waals surface area (Å²) in [7, 11) is 4.00. The molecule has 4 heterocycles. The molecule has 1 saturated heterocycles. The first-order chi connectivity index (χ1) is 17.9. The summed E-state index contributed by atoms with van der Waals surface area (Å²) in [5.74, 6) is 1.10. The van der Waals surface area contributed by atoms with E-state index in [0.717, 1.165) is 33.6 Å². The third-order valence-electron chi connectivity index (χ3n) is 5.83. The molecule has 1 aliphatic heterocycles. The number of rotatable bonds is 9. The van der Waals surface area contributed by atoms with E-state index in [2.05, 4.69) is 41.8 Å². The van der Waals surface area contributed by atoms with Crippen molar-refractivity contribution in [2.24, 2.45) is 7.05 Å². The van der Waals surface area contributed by atoms with Gasteiger partial charge in [0, 0.05) is 34.4 Å². The fraction of sp³-hybridized carbons (Fsp3) is 0.333. The minimum Gasteiger partial charge on any atom is -0.492 e. The monoisotopic (exact) mass is 554 g/mol. The number of carbonyl (C=O) groups excluding carboxylic acids is 1. The fourth-order valence-electron chi connectivity index (χ4n) is 3.81. The van der Waals surface area contributed by atoms with Crippen LogP contribution in [0.15, 0.2) is 62.7 Å². The molecule has 1 aromatic carbocycles. The summed E-state index contributed by atoms with van der Waals surface area (Å²) in [6, 6.07) is 12.2. The highest BCUT2D eigenvalue weighted by Crippen LogP contribution is 2.34. The summed E-state index contributed by atoms with van der Waals surface area (Å²) in [6.07, 6.45) is 4.01. The molecule has 0 spiro atoms. The van der Waals surface area contributed by atoms with Crippen molar-refractivity contribution in [3.63, 3.8) is 0 Å². The zero-order chi connectivity index (χ0) is 25.8. The van der Waals surface area contributed by atoms with Gasteiger partial charge in [0.2, 0.25) is 5.13 Å². The van der Waals surface area contributed by atoms with Gasteiger partial charge < -0.3 is 14.2 Å². The number of ether oxygens (including phenoxy) is 1. The number of nitrogens with one attached hydrogen (secondary N) is 1. The maximum Gasteiger partial charge on any atom is 0.277 e. The molecule has 1 atom stereocenters. The highest BCUT2D eigenvalue weighted by atomic mass is 32.2. The van der Waals surface area contributed by atoms with Gasteiger partial charge in [0.05, 0.1) is 0 Å². The van der Waals surface area contributed by atoms with Crippen LogP contribution in [0.1, 0.15) is 29.2 Å². The van der Waals surface area contributed by atoms with E-state index in [0.29, 0.717) is 39.5 Å². The largest absolute Gasteiger partial charge is 0.492 e. The van der Waals surface area contributed by atoms with Crippen molar-refractivity contribution in [2.45, 2.75) is 45.8 Å². The van der Waals surface area contributed by atoms with Crippen molar-refractivity contribution in [3.05, 3.63) is 54.2 Å². The number of aryl methyl sites for hydroxylation is 2. The topological polar surface area (TPSA) is 111 Å². The number of hydrogen-bond acceptors (Lipinski definition) is 11. The zero-order valence-corrected chi connectivity index (χ0v) is 23.1. The third kappa shape index (κ3) is 6.47. The van der Waals surface area contributed by atoms with Gasteiger partial charge in [0.25, 0.3) is 5.91 Å². The number of pyridine rings is 1. The number of likely N-dealkylation sites (tertiary alicyclic amines) is 1. The van der Waals surface area contributed by atoms with Crippen LogP contribution in [0.5, 0.6) is 5.75 Å². The summed E-state index contributed by atoms with van der Waals surface area (Å²) in [5.41, 5.74) is 0.301. The molecular formula is C24H26N8O2S3. The second kappa shape index (κ2) is 11.6. The van der Waals surface area contributed by atoms with Gasteiger partial charge in [0.1, 0.15) is 35.2 Å². The summed E-state index contributed by atoms with van der Waals surface area (Å²) in [4.78, 5) is 26.2. The number of anilines is 1. The van der Waals surface area contributed by atoms with Gasteiger partial charge in [-0.2, -0.15) is 4.37 Å². The predicted octanol–water partition coefficient (Wildman–Crippen LogP) is 4.40. The van der Waals surface area contributed by atoms with Crippen LogP contribution in [0.25, 0.3) is 0 Å². The molecule has 3 aromatic heterocycles. The SMILES string of the molecule is Cc1nsc(NC(=O)c2nc(Sc3nncn3C)ccc2Sc2ccc(OC[C@@H]3CCCN3C)cc2)n1. The molecule has 4 aromatic rings. The molecule has 13 heteroatoms. The Morgan fingerprint density at radius 3 is 2.68 bits per heavy atom. The second-order valence-electron chi connectivity index (χ2n) is 8.58. The lowest BCUT2D eigenvalue weighted by Gasteiger charge is -2.19. The van der Waals surface area contributed by atoms with Gasteiger partial charge >= 0.3 is 0 Å². The molecule has 1 N–H and O–H groups in total. The van der Waals surface area contributed by atoms with E-state index >= 15 is 0 Å². The normalized spacial score (nSPS) is 15.7. The lowest BCUT2D eigenvalue weighted by atomic mass is 10.2. The predicted molar refractivity (Wildman–Crippen MR) is 144 cm³/mol. The van der Waals surface area contributed by atoms with E-state index < -0.39 is 0 Å². The highest BCUT2D eigenvalue weighted by Gasteiger charge is 2.21. The molecule has 192 valence electrons. The van der Waals surface area contributed by atoms with Crippen LogP contribution in [0, 0.1) is 6.92 Å². The van der Waals surface area contributed by atoms with Gasteiger partial charge in [-0.3, -0.25) is 10.1 Å². The van der Waals surface area contributed by atoms with Gasteiger partial charge in [-0.05, 0) is 81.5 Å². The van der Waals surface area contributed by atoms with E-state index in [1.165, 1.54) is 36.4 Å². The molecule has 1 aliphatic rings. The number of benzene rings is 1. The Bertz CT molecular complexity index is 1370.